The van der Waals surface area contributed by atoms with E-state index >= 15 is 0 Å². The van der Waals surface area contributed by atoms with Gasteiger partial charge in [-0.2, -0.15) is 11.8 Å². The maximum Gasteiger partial charge on any atom is 0.183 e. The summed E-state index contributed by atoms with van der Waals surface area (Å²) in [5.41, 5.74) is 0.748. The van der Waals surface area contributed by atoms with Gasteiger partial charge in [0.25, 0.3) is 0 Å². The molecule has 1 fully saturated rings. The van der Waals surface area contributed by atoms with Crippen molar-refractivity contribution in [1.29, 1.82) is 0 Å². The molecule has 1 aliphatic rings. The zero-order valence-electron chi connectivity index (χ0n) is 9.28. The average Bonchev–Trinajstić information content (AvgIpc) is 2.94. The molecule has 0 radical (unpaired) electrons. The van der Waals surface area contributed by atoms with Crippen molar-refractivity contribution in [3.05, 3.63) is 24.0 Å². The normalized spacial score (nSPS) is 19.9. The molecule has 3 rings (SSSR count). The molecular weight excluding hydrogens is 255 g/mol. The van der Waals surface area contributed by atoms with E-state index in [1.54, 1.807) is 17.4 Å². The van der Waals surface area contributed by atoms with Crippen molar-refractivity contribution in [3.8, 4) is 0 Å². The Labute approximate surface area is 108 Å². The Balaban J connectivity index is 1.72. The highest BCUT2D eigenvalue weighted by Crippen LogP contribution is 2.28. The maximum atomic E-state index is 13.0. The molecule has 1 aromatic carbocycles. The van der Waals surface area contributed by atoms with Gasteiger partial charge in [0.2, 0.25) is 0 Å². The number of hydrogen-bond donors (Lipinski definition) is 1. The lowest BCUT2D eigenvalue weighted by atomic mass is 10.1. The van der Waals surface area contributed by atoms with Crippen molar-refractivity contribution in [3.63, 3.8) is 0 Å². The molecule has 17 heavy (non-hydrogen) atoms. The van der Waals surface area contributed by atoms with Crippen LogP contribution in [0, 0.1) is 11.7 Å². The van der Waals surface area contributed by atoms with Crippen LogP contribution in [0.4, 0.5) is 9.52 Å². The fourth-order valence-corrected chi connectivity index (χ4v) is 4.09. The molecule has 0 spiro atoms. The summed E-state index contributed by atoms with van der Waals surface area (Å²) in [5.74, 6) is 3.05. The van der Waals surface area contributed by atoms with Crippen molar-refractivity contribution < 1.29 is 4.39 Å². The highest BCUT2D eigenvalue weighted by Gasteiger charge is 2.15. The number of nitrogens with one attached hydrogen (secondary N) is 1. The molecule has 2 heterocycles. The first kappa shape index (κ1) is 11.3. The predicted molar refractivity (Wildman–Crippen MR) is 73.5 cm³/mol. The summed E-state index contributed by atoms with van der Waals surface area (Å²) >= 11 is 3.61. The van der Waals surface area contributed by atoms with E-state index in [4.69, 9.17) is 0 Å². The van der Waals surface area contributed by atoms with Gasteiger partial charge in [0.15, 0.2) is 5.13 Å². The third-order valence-electron chi connectivity index (χ3n) is 2.92. The lowest BCUT2D eigenvalue weighted by molar-refractivity contribution is 0.629. The third kappa shape index (κ3) is 2.55. The number of nitrogens with zero attached hydrogens (tertiary/aromatic N) is 1. The summed E-state index contributed by atoms with van der Waals surface area (Å²) in [6.07, 6.45) is 1.29. The van der Waals surface area contributed by atoms with Crippen LogP contribution < -0.4 is 5.32 Å². The van der Waals surface area contributed by atoms with Crippen molar-refractivity contribution in [2.75, 3.05) is 23.4 Å². The molecule has 1 N–H and O–H groups in total. The summed E-state index contributed by atoms with van der Waals surface area (Å²) in [5, 5.41) is 4.27. The van der Waals surface area contributed by atoms with Crippen LogP contribution in [0.2, 0.25) is 0 Å². The molecule has 2 aromatic rings. The van der Waals surface area contributed by atoms with Gasteiger partial charge in [-0.15, -0.1) is 0 Å². The fourth-order valence-electron chi connectivity index (χ4n) is 1.95. The average molecular weight is 268 g/mol. The van der Waals surface area contributed by atoms with Crippen LogP contribution in [0.3, 0.4) is 0 Å². The molecule has 0 amide bonds. The topological polar surface area (TPSA) is 24.9 Å². The van der Waals surface area contributed by atoms with Crippen LogP contribution in [0.25, 0.3) is 10.2 Å². The number of thiazole rings is 1. The second-order valence-corrected chi connectivity index (χ2v) is 6.42. The molecule has 5 heteroatoms. The third-order valence-corrected chi connectivity index (χ3v) is 5.14. The molecule has 0 saturated carbocycles. The number of rotatable bonds is 3. The Bertz CT molecular complexity index is 520. The Hall–Kier alpha value is -0.810. The van der Waals surface area contributed by atoms with Gasteiger partial charge in [-0.1, -0.05) is 11.3 Å². The van der Waals surface area contributed by atoms with Gasteiger partial charge in [0.05, 0.1) is 10.2 Å². The quantitative estimate of drug-likeness (QED) is 0.920. The minimum absolute atomic E-state index is 0.221. The summed E-state index contributed by atoms with van der Waals surface area (Å²) < 4.78 is 14.1. The minimum Gasteiger partial charge on any atom is -0.361 e. The van der Waals surface area contributed by atoms with Crippen LogP contribution in [-0.4, -0.2) is 23.0 Å². The second-order valence-electron chi connectivity index (χ2n) is 4.24. The number of halogens is 1. The summed E-state index contributed by atoms with van der Waals surface area (Å²) in [6, 6.07) is 4.76. The SMILES string of the molecule is Fc1ccc2sc(NCC3CCSC3)nc2c1. The first-order valence-corrected chi connectivity index (χ1v) is 7.66. The molecular formula is C12H13FN2S2. The minimum atomic E-state index is -0.221. The Morgan fingerprint density at radius 2 is 2.41 bits per heavy atom. The van der Waals surface area contributed by atoms with Gasteiger partial charge in [-0.05, 0) is 36.0 Å². The van der Waals surface area contributed by atoms with E-state index in [0.29, 0.717) is 0 Å². The number of fused-ring (bicyclic) bond motifs is 1. The first-order valence-electron chi connectivity index (χ1n) is 5.69. The number of hydrogen-bond acceptors (Lipinski definition) is 4. The highest BCUT2D eigenvalue weighted by molar-refractivity contribution is 7.99. The van der Waals surface area contributed by atoms with Crippen LogP contribution in [0.15, 0.2) is 18.2 Å². The predicted octanol–water partition coefficient (Wildman–Crippen LogP) is 3.60. The van der Waals surface area contributed by atoms with Crippen molar-refractivity contribution in [2.24, 2.45) is 5.92 Å². The lowest BCUT2D eigenvalue weighted by Crippen LogP contribution is -2.13. The molecule has 0 bridgehead atoms. The molecule has 0 aliphatic carbocycles. The van der Waals surface area contributed by atoms with Crippen LogP contribution in [0.1, 0.15) is 6.42 Å². The van der Waals surface area contributed by atoms with E-state index in [1.165, 1.54) is 30.1 Å². The van der Waals surface area contributed by atoms with E-state index in [1.807, 2.05) is 11.8 Å². The largest absolute Gasteiger partial charge is 0.361 e. The number of thioether (sulfide) groups is 1. The molecule has 2 nitrogen and oxygen atoms in total. The standard InChI is InChI=1S/C12H13FN2S2/c13-9-1-2-11-10(5-9)15-12(17-11)14-6-8-3-4-16-7-8/h1-2,5,8H,3-4,6-7H2,(H,14,15). The number of benzene rings is 1. The van der Waals surface area contributed by atoms with Crippen molar-refractivity contribution in [2.45, 2.75) is 6.42 Å². The Kier molecular flexibility index (Phi) is 3.20. The molecule has 1 aliphatic heterocycles. The van der Waals surface area contributed by atoms with Crippen molar-refractivity contribution in [1.82, 2.24) is 4.98 Å². The molecule has 1 atom stereocenters. The van der Waals surface area contributed by atoms with Crippen LogP contribution >= 0.6 is 23.1 Å². The first-order chi connectivity index (χ1) is 8.31. The summed E-state index contributed by atoms with van der Waals surface area (Å²) in [6.45, 7) is 0.981. The van der Waals surface area contributed by atoms with Gasteiger partial charge >= 0.3 is 0 Å². The van der Waals surface area contributed by atoms with E-state index in [2.05, 4.69) is 10.3 Å². The molecule has 90 valence electrons. The van der Waals surface area contributed by atoms with Crippen molar-refractivity contribution >= 4 is 38.4 Å². The van der Waals surface area contributed by atoms with E-state index in [9.17, 15) is 4.39 Å². The molecule has 1 unspecified atom stereocenters. The van der Waals surface area contributed by atoms with Gasteiger partial charge in [0.1, 0.15) is 5.82 Å². The van der Waals surface area contributed by atoms with E-state index < -0.39 is 0 Å². The van der Waals surface area contributed by atoms with Gasteiger partial charge < -0.3 is 5.32 Å². The number of anilines is 1. The smallest absolute Gasteiger partial charge is 0.183 e. The van der Waals surface area contributed by atoms with E-state index in [0.717, 1.165) is 27.8 Å². The van der Waals surface area contributed by atoms with Crippen LogP contribution in [0.5, 0.6) is 0 Å². The number of aromatic nitrogens is 1. The maximum absolute atomic E-state index is 13.0. The van der Waals surface area contributed by atoms with Gasteiger partial charge in [-0.25, -0.2) is 9.37 Å². The monoisotopic (exact) mass is 268 g/mol. The molecule has 1 aromatic heterocycles. The Morgan fingerprint density at radius 3 is 3.24 bits per heavy atom. The highest BCUT2D eigenvalue weighted by atomic mass is 32.2. The zero-order valence-corrected chi connectivity index (χ0v) is 10.9. The second kappa shape index (κ2) is 4.82. The fraction of sp³-hybridized carbons (Fsp3) is 0.417. The zero-order chi connectivity index (χ0) is 11.7. The van der Waals surface area contributed by atoms with Gasteiger partial charge in [0, 0.05) is 12.6 Å². The Morgan fingerprint density at radius 1 is 1.47 bits per heavy atom. The summed E-state index contributed by atoms with van der Waals surface area (Å²) in [4.78, 5) is 4.40. The lowest BCUT2D eigenvalue weighted by Gasteiger charge is -2.07. The summed E-state index contributed by atoms with van der Waals surface area (Å²) in [7, 11) is 0. The van der Waals surface area contributed by atoms with Gasteiger partial charge in [-0.3, -0.25) is 0 Å². The van der Waals surface area contributed by atoms with Crippen LogP contribution in [-0.2, 0) is 0 Å². The molecule has 1 saturated heterocycles. The van der Waals surface area contributed by atoms with E-state index in [-0.39, 0.29) is 5.82 Å².